The molecule has 1 fully saturated rings. The quantitative estimate of drug-likeness (QED) is 0.549. The number of imidazole rings is 1. The lowest BCUT2D eigenvalue weighted by Crippen LogP contribution is -2.46. The predicted molar refractivity (Wildman–Crippen MR) is 121 cm³/mol. The highest BCUT2D eigenvalue weighted by atomic mass is 15.6. The number of anilines is 1. The van der Waals surface area contributed by atoms with Crippen LogP contribution in [0.4, 0.5) is 5.82 Å². The molecule has 0 unspecified atom stereocenters. The van der Waals surface area contributed by atoms with Gasteiger partial charge in [0.2, 0.25) is 0 Å². The van der Waals surface area contributed by atoms with Crippen molar-refractivity contribution in [3.05, 3.63) is 60.8 Å². The van der Waals surface area contributed by atoms with E-state index in [4.69, 9.17) is 15.7 Å². The van der Waals surface area contributed by atoms with Crippen molar-refractivity contribution in [2.24, 2.45) is 0 Å². The lowest BCUT2D eigenvalue weighted by molar-refractivity contribution is 0.399. The molecule has 1 aromatic carbocycles. The van der Waals surface area contributed by atoms with Gasteiger partial charge in [0.15, 0.2) is 11.5 Å². The third kappa shape index (κ3) is 3.27. The minimum absolute atomic E-state index is 0.474. The Labute approximate surface area is 175 Å². The van der Waals surface area contributed by atoms with Crippen molar-refractivity contribution >= 4 is 17.0 Å². The molecule has 7 heteroatoms. The first-order valence-corrected chi connectivity index (χ1v) is 10.3. The Morgan fingerprint density at radius 2 is 1.77 bits per heavy atom. The molecule has 0 amide bonds. The smallest absolute Gasteiger partial charge is 0.180 e. The molecular weight excluding hydrogens is 374 g/mol. The van der Waals surface area contributed by atoms with Crippen molar-refractivity contribution < 1.29 is 0 Å². The van der Waals surface area contributed by atoms with Gasteiger partial charge in [0.25, 0.3) is 0 Å². The first-order valence-electron chi connectivity index (χ1n) is 10.3. The fourth-order valence-electron chi connectivity index (χ4n) is 4.12. The van der Waals surface area contributed by atoms with E-state index in [1.807, 2.05) is 49.5 Å². The number of piperidine rings is 1. The molecule has 1 saturated heterocycles. The Balaban J connectivity index is 1.68. The minimum atomic E-state index is 0.474. The Hall–Kier alpha value is -3.45. The summed E-state index contributed by atoms with van der Waals surface area (Å²) in [6.45, 7) is 1.84. The zero-order valence-corrected chi connectivity index (χ0v) is 17.0. The number of aromatic nitrogens is 4. The number of pyridine rings is 2. The van der Waals surface area contributed by atoms with E-state index in [1.54, 1.807) is 6.20 Å². The van der Waals surface area contributed by atoms with Crippen LogP contribution in [-0.2, 0) is 0 Å². The first-order chi connectivity index (χ1) is 14.7. The fourth-order valence-corrected chi connectivity index (χ4v) is 4.12. The third-order valence-corrected chi connectivity index (χ3v) is 5.79. The normalized spacial score (nSPS) is 15.0. The number of nitrogen functional groups attached to an aromatic ring is 1. The number of nitrogens with one attached hydrogen (secondary N) is 1. The summed E-state index contributed by atoms with van der Waals surface area (Å²) in [6.07, 6.45) is 3.84. The van der Waals surface area contributed by atoms with E-state index in [-0.39, 0.29) is 0 Å². The zero-order chi connectivity index (χ0) is 20.5. The van der Waals surface area contributed by atoms with Gasteiger partial charge in [0.1, 0.15) is 11.3 Å². The van der Waals surface area contributed by atoms with E-state index in [0.717, 1.165) is 59.7 Å². The van der Waals surface area contributed by atoms with Gasteiger partial charge in [-0.3, -0.25) is 0 Å². The SMILES string of the molecule is CNC1CCN(n2c(-c3cccnc3N)nc3ccc(-c4ccccc4)nc32)CC1. The molecule has 152 valence electrons. The van der Waals surface area contributed by atoms with Crippen molar-refractivity contribution in [1.82, 2.24) is 24.9 Å². The number of nitrogens with zero attached hydrogens (tertiary/aromatic N) is 5. The lowest BCUT2D eigenvalue weighted by atomic mass is 10.1. The van der Waals surface area contributed by atoms with Gasteiger partial charge in [0, 0.05) is 30.9 Å². The summed E-state index contributed by atoms with van der Waals surface area (Å²) in [6, 6.07) is 18.7. The number of benzene rings is 1. The van der Waals surface area contributed by atoms with Gasteiger partial charge in [-0.15, -0.1) is 0 Å². The molecule has 1 aliphatic heterocycles. The van der Waals surface area contributed by atoms with Crippen molar-refractivity contribution in [3.8, 4) is 22.6 Å². The summed E-state index contributed by atoms with van der Waals surface area (Å²) >= 11 is 0. The molecule has 5 rings (SSSR count). The molecule has 4 aromatic rings. The van der Waals surface area contributed by atoms with Crippen LogP contribution in [-0.4, -0.2) is 45.8 Å². The summed E-state index contributed by atoms with van der Waals surface area (Å²) in [5, 5.41) is 5.72. The van der Waals surface area contributed by atoms with Crippen LogP contribution in [0.3, 0.4) is 0 Å². The maximum atomic E-state index is 6.22. The van der Waals surface area contributed by atoms with E-state index < -0.39 is 0 Å². The van der Waals surface area contributed by atoms with Crippen LogP contribution in [0.1, 0.15) is 12.8 Å². The van der Waals surface area contributed by atoms with Crippen LogP contribution in [0.15, 0.2) is 60.8 Å². The Morgan fingerprint density at radius 3 is 2.50 bits per heavy atom. The molecule has 0 radical (unpaired) electrons. The number of hydrogen-bond donors (Lipinski definition) is 2. The van der Waals surface area contributed by atoms with Crippen LogP contribution in [0.25, 0.3) is 33.8 Å². The van der Waals surface area contributed by atoms with E-state index in [1.165, 1.54) is 0 Å². The number of fused-ring (bicyclic) bond motifs is 1. The number of rotatable bonds is 4. The average Bonchev–Trinajstić information content (AvgIpc) is 3.18. The lowest BCUT2D eigenvalue weighted by Gasteiger charge is -2.34. The second kappa shape index (κ2) is 7.76. The topological polar surface area (TPSA) is 84.9 Å². The van der Waals surface area contributed by atoms with Crippen LogP contribution in [0.2, 0.25) is 0 Å². The second-order valence-corrected chi connectivity index (χ2v) is 7.61. The number of nitrogens with two attached hydrogens (primary N) is 1. The zero-order valence-electron chi connectivity index (χ0n) is 17.0. The summed E-state index contributed by atoms with van der Waals surface area (Å²) in [5.74, 6) is 1.26. The second-order valence-electron chi connectivity index (χ2n) is 7.61. The highest BCUT2D eigenvalue weighted by Gasteiger charge is 2.25. The van der Waals surface area contributed by atoms with Gasteiger partial charge in [-0.2, -0.15) is 0 Å². The fraction of sp³-hybridized carbons (Fsp3) is 0.261. The molecule has 3 aromatic heterocycles. The van der Waals surface area contributed by atoms with E-state index >= 15 is 0 Å². The molecule has 0 spiro atoms. The molecule has 3 N–H and O–H groups in total. The Bertz CT molecular complexity index is 1160. The van der Waals surface area contributed by atoms with E-state index in [9.17, 15) is 0 Å². The van der Waals surface area contributed by atoms with E-state index in [2.05, 4.69) is 32.1 Å². The molecule has 0 aliphatic carbocycles. The molecule has 7 nitrogen and oxygen atoms in total. The Morgan fingerprint density at radius 1 is 0.967 bits per heavy atom. The molecular formula is C23H25N7. The monoisotopic (exact) mass is 399 g/mol. The van der Waals surface area contributed by atoms with Gasteiger partial charge in [-0.1, -0.05) is 30.3 Å². The summed E-state index contributed by atoms with van der Waals surface area (Å²) in [7, 11) is 2.03. The molecule has 0 bridgehead atoms. The van der Waals surface area contributed by atoms with Crippen molar-refractivity contribution in [2.75, 3.05) is 30.9 Å². The average molecular weight is 400 g/mol. The van der Waals surface area contributed by atoms with Gasteiger partial charge in [-0.05, 0) is 44.2 Å². The third-order valence-electron chi connectivity index (χ3n) is 5.79. The van der Waals surface area contributed by atoms with Gasteiger partial charge >= 0.3 is 0 Å². The molecule has 0 atom stereocenters. The van der Waals surface area contributed by atoms with E-state index in [0.29, 0.717) is 11.9 Å². The van der Waals surface area contributed by atoms with Crippen LogP contribution in [0.5, 0.6) is 0 Å². The van der Waals surface area contributed by atoms with Gasteiger partial charge < -0.3 is 16.1 Å². The Kier molecular flexibility index (Phi) is 4.80. The molecule has 1 aliphatic rings. The summed E-state index contributed by atoms with van der Waals surface area (Å²) in [5.41, 5.74) is 10.8. The molecule has 30 heavy (non-hydrogen) atoms. The summed E-state index contributed by atoms with van der Waals surface area (Å²) in [4.78, 5) is 14.2. The highest BCUT2D eigenvalue weighted by Crippen LogP contribution is 2.30. The van der Waals surface area contributed by atoms with Gasteiger partial charge in [0.05, 0.1) is 11.3 Å². The highest BCUT2D eigenvalue weighted by molar-refractivity contribution is 5.82. The first kappa shape index (κ1) is 18.6. The predicted octanol–water partition coefficient (Wildman–Crippen LogP) is 3.06. The minimum Gasteiger partial charge on any atom is -0.383 e. The molecule has 0 saturated carbocycles. The standard InChI is InChI=1S/C23H25N7/c1-25-17-11-14-29(15-12-17)30-22(18-8-5-13-26-21(18)24)28-20-10-9-19(27-23(20)30)16-6-3-2-4-7-16/h2-10,13,17,25H,11-12,14-15H2,1H3,(H2,24,26). The van der Waals surface area contributed by atoms with Crippen molar-refractivity contribution in [2.45, 2.75) is 18.9 Å². The van der Waals surface area contributed by atoms with Crippen molar-refractivity contribution in [1.29, 1.82) is 0 Å². The van der Waals surface area contributed by atoms with Crippen LogP contribution >= 0.6 is 0 Å². The maximum absolute atomic E-state index is 6.22. The van der Waals surface area contributed by atoms with Crippen LogP contribution in [0, 0.1) is 0 Å². The van der Waals surface area contributed by atoms with Crippen LogP contribution < -0.4 is 16.1 Å². The number of hydrogen-bond acceptors (Lipinski definition) is 6. The molecule has 4 heterocycles. The largest absolute Gasteiger partial charge is 0.383 e. The maximum Gasteiger partial charge on any atom is 0.180 e. The van der Waals surface area contributed by atoms with Crippen molar-refractivity contribution in [3.63, 3.8) is 0 Å². The van der Waals surface area contributed by atoms with Gasteiger partial charge in [-0.25, -0.2) is 19.6 Å². The summed E-state index contributed by atoms with van der Waals surface area (Å²) < 4.78 is 2.14.